The van der Waals surface area contributed by atoms with Crippen molar-refractivity contribution in [3.8, 4) is 0 Å². The number of rotatable bonds is 10. The highest BCUT2D eigenvalue weighted by Gasteiger charge is 2.49. The third-order valence-electron chi connectivity index (χ3n) is 2.94. The van der Waals surface area contributed by atoms with E-state index in [0.717, 1.165) is 50.0 Å². The largest absolute Gasteiger partial charge is 0.351 e. The molecule has 1 fully saturated rings. The van der Waals surface area contributed by atoms with Crippen LogP contribution >= 0.6 is 23.5 Å². The van der Waals surface area contributed by atoms with Gasteiger partial charge in [-0.2, -0.15) is 0 Å². The van der Waals surface area contributed by atoms with Gasteiger partial charge in [-0.1, -0.05) is 63.1 Å². The minimum atomic E-state index is -0.460. The van der Waals surface area contributed by atoms with Crippen LogP contribution in [0.4, 0.5) is 0 Å². The first-order valence-corrected chi connectivity index (χ1v) is 9.16. The third-order valence-corrected chi connectivity index (χ3v) is 4.96. The molecule has 1 aliphatic rings. The van der Waals surface area contributed by atoms with Crippen LogP contribution in [0.1, 0.15) is 52.4 Å². The molecule has 0 aromatic heterocycles. The first-order valence-electron chi connectivity index (χ1n) is 7.19. The summed E-state index contributed by atoms with van der Waals surface area (Å²) in [5, 5.41) is 0.0622. The Morgan fingerprint density at radius 3 is 1.63 bits per heavy atom. The summed E-state index contributed by atoms with van der Waals surface area (Å²) in [6.45, 7) is 4.28. The van der Waals surface area contributed by atoms with Gasteiger partial charge in [0.15, 0.2) is 12.2 Å². The van der Waals surface area contributed by atoms with Crippen LogP contribution in [-0.2, 0) is 14.3 Å². The van der Waals surface area contributed by atoms with Crippen LogP contribution in [0.25, 0.3) is 0 Å². The third kappa shape index (κ3) is 6.82. The van der Waals surface area contributed by atoms with Crippen molar-refractivity contribution in [3.05, 3.63) is 0 Å². The molecule has 0 aromatic rings. The number of epoxide rings is 1. The summed E-state index contributed by atoms with van der Waals surface area (Å²) in [5.41, 5.74) is 0. The molecular weight excluding hydrogens is 280 g/mol. The van der Waals surface area contributed by atoms with E-state index in [1.165, 1.54) is 23.5 Å². The predicted octanol–water partition coefficient (Wildman–Crippen LogP) is 3.65. The molecule has 0 spiro atoms. The van der Waals surface area contributed by atoms with Gasteiger partial charge in [0.25, 0.3) is 0 Å². The summed E-state index contributed by atoms with van der Waals surface area (Å²) >= 11 is 2.63. The highest BCUT2D eigenvalue weighted by atomic mass is 32.2. The average Bonchev–Trinajstić information content (AvgIpc) is 3.20. The highest BCUT2D eigenvalue weighted by Crippen LogP contribution is 2.32. The fourth-order valence-corrected chi connectivity index (χ4v) is 3.47. The zero-order valence-corrected chi connectivity index (χ0v) is 13.5. The molecule has 19 heavy (non-hydrogen) atoms. The second kappa shape index (κ2) is 9.83. The molecule has 0 bridgehead atoms. The van der Waals surface area contributed by atoms with E-state index in [2.05, 4.69) is 13.8 Å². The Morgan fingerprint density at radius 1 is 0.842 bits per heavy atom. The van der Waals surface area contributed by atoms with Gasteiger partial charge in [-0.25, -0.2) is 0 Å². The van der Waals surface area contributed by atoms with Crippen molar-refractivity contribution in [3.63, 3.8) is 0 Å². The molecule has 1 aliphatic heterocycles. The van der Waals surface area contributed by atoms with Crippen LogP contribution in [0, 0.1) is 0 Å². The van der Waals surface area contributed by atoms with E-state index in [9.17, 15) is 9.59 Å². The molecule has 0 aliphatic carbocycles. The topological polar surface area (TPSA) is 46.7 Å². The first-order chi connectivity index (χ1) is 9.20. The highest BCUT2D eigenvalue weighted by molar-refractivity contribution is 8.14. The Kier molecular flexibility index (Phi) is 8.83. The van der Waals surface area contributed by atoms with Gasteiger partial charge in [0, 0.05) is 11.5 Å². The van der Waals surface area contributed by atoms with E-state index in [0.29, 0.717) is 0 Å². The van der Waals surface area contributed by atoms with E-state index in [4.69, 9.17) is 4.74 Å². The van der Waals surface area contributed by atoms with Crippen molar-refractivity contribution in [2.75, 3.05) is 11.5 Å². The van der Waals surface area contributed by atoms with Crippen LogP contribution in [-0.4, -0.2) is 33.9 Å². The fraction of sp³-hybridized carbons (Fsp3) is 0.857. The Hall–Kier alpha value is -0.000000000000000111. The summed E-state index contributed by atoms with van der Waals surface area (Å²) in [7, 11) is 0. The van der Waals surface area contributed by atoms with Crippen molar-refractivity contribution >= 4 is 33.8 Å². The average molecular weight is 304 g/mol. The molecule has 1 saturated heterocycles. The number of thioether (sulfide) groups is 2. The lowest BCUT2D eigenvalue weighted by Crippen LogP contribution is -2.12. The fourth-order valence-electron chi connectivity index (χ4n) is 1.68. The second-order valence-corrected chi connectivity index (χ2v) is 6.93. The predicted molar refractivity (Wildman–Crippen MR) is 82.6 cm³/mol. The van der Waals surface area contributed by atoms with Crippen molar-refractivity contribution in [2.45, 2.75) is 64.6 Å². The molecular formula is C14H24O3S2. The minimum Gasteiger partial charge on any atom is -0.351 e. The number of ether oxygens (including phenoxy) is 1. The molecule has 0 aromatic carbocycles. The SMILES string of the molecule is CCCCCSC(=O)[C@H]1O[C@H]1C(=O)SCCCCC. The maximum absolute atomic E-state index is 11.7. The minimum absolute atomic E-state index is 0.0311. The Balaban J connectivity index is 2.08. The van der Waals surface area contributed by atoms with Crippen LogP contribution < -0.4 is 0 Å². The smallest absolute Gasteiger partial charge is 0.220 e. The zero-order valence-electron chi connectivity index (χ0n) is 11.9. The van der Waals surface area contributed by atoms with Gasteiger partial charge >= 0.3 is 0 Å². The molecule has 0 amide bonds. The van der Waals surface area contributed by atoms with Gasteiger partial charge in [-0.05, 0) is 12.8 Å². The lowest BCUT2D eigenvalue weighted by Gasteiger charge is -1.98. The summed E-state index contributed by atoms with van der Waals surface area (Å²) in [6, 6.07) is 0. The van der Waals surface area contributed by atoms with Gasteiger partial charge < -0.3 is 4.74 Å². The summed E-state index contributed by atoms with van der Waals surface area (Å²) < 4.78 is 5.21. The normalized spacial score (nSPS) is 21.4. The number of carbonyl (C=O) groups is 2. The zero-order chi connectivity index (χ0) is 14.1. The van der Waals surface area contributed by atoms with E-state index in [1.807, 2.05) is 0 Å². The molecule has 3 nitrogen and oxygen atoms in total. The number of hydrogen-bond donors (Lipinski definition) is 0. The number of carbonyl (C=O) groups excluding carboxylic acids is 2. The molecule has 110 valence electrons. The molecule has 0 unspecified atom stereocenters. The van der Waals surface area contributed by atoms with E-state index >= 15 is 0 Å². The van der Waals surface area contributed by atoms with Crippen molar-refractivity contribution in [1.82, 2.24) is 0 Å². The van der Waals surface area contributed by atoms with Crippen LogP contribution in [0.2, 0.25) is 0 Å². The Morgan fingerprint density at radius 2 is 1.26 bits per heavy atom. The summed E-state index contributed by atoms with van der Waals surface area (Å²) in [4.78, 5) is 23.5. The van der Waals surface area contributed by atoms with Crippen LogP contribution in [0.15, 0.2) is 0 Å². The van der Waals surface area contributed by atoms with Gasteiger partial charge in [0.05, 0.1) is 0 Å². The molecule has 5 heteroatoms. The van der Waals surface area contributed by atoms with Crippen molar-refractivity contribution < 1.29 is 14.3 Å². The van der Waals surface area contributed by atoms with Gasteiger partial charge in [0.2, 0.25) is 10.2 Å². The van der Waals surface area contributed by atoms with Gasteiger partial charge in [-0.3, -0.25) is 9.59 Å². The van der Waals surface area contributed by atoms with Crippen molar-refractivity contribution in [2.24, 2.45) is 0 Å². The van der Waals surface area contributed by atoms with Gasteiger partial charge in [-0.15, -0.1) is 0 Å². The van der Waals surface area contributed by atoms with E-state index in [1.54, 1.807) is 0 Å². The first kappa shape index (κ1) is 17.1. The quantitative estimate of drug-likeness (QED) is 0.455. The molecule has 2 atom stereocenters. The Labute approximate surface area is 124 Å². The van der Waals surface area contributed by atoms with Crippen LogP contribution in [0.3, 0.4) is 0 Å². The standard InChI is InChI=1S/C14H24O3S2/c1-3-5-7-9-18-13(15)11-12(17-11)14(16)19-10-8-6-4-2/h11-12H,3-10H2,1-2H3/t11-,12+. The lowest BCUT2D eigenvalue weighted by atomic mass is 10.3. The molecule has 1 rings (SSSR count). The molecule has 1 heterocycles. The number of unbranched alkanes of at least 4 members (excludes halogenated alkanes) is 4. The maximum Gasteiger partial charge on any atom is 0.220 e. The van der Waals surface area contributed by atoms with E-state index < -0.39 is 12.2 Å². The van der Waals surface area contributed by atoms with Crippen molar-refractivity contribution in [1.29, 1.82) is 0 Å². The van der Waals surface area contributed by atoms with Crippen LogP contribution in [0.5, 0.6) is 0 Å². The Bertz CT molecular complexity index is 266. The molecule has 0 saturated carbocycles. The maximum atomic E-state index is 11.7. The lowest BCUT2D eigenvalue weighted by molar-refractivity contribution is -0.113. The summed E-state index contributed by atoms with van der Waals surface area (Å²) in [5.74, 6) is 1.69. The monoisotopic (exact) mass is 304 g/mol. The summed E-state index contributed by atoms with van der Waals surface area (Å²) in [6.07, 6.45) is 5.82. The van der Waals surface area contributed by atoms with E-state index in [-0.39, 0.29) is 10.2 Å². The molecule has 0 N–H and O–H groups in total. The van der Waals surface area contributed by atoms with Gasteiger partial charge in [0.1, 0.15) is 0 Å². The molecule has 0 radical (unpaired) electrons. The number of hydrogen-bond acceptors (Lipinski definition) is 5. The second-order valence-electron chi connectivity index (χ2n) is 4.73.